The van der Waals surface area contributed by atoms with Gasteiger partial charge in [0.15, 0.2) is 16.6 Å². The number of nitrogens with zero attached hydrogens (tertiary/aromatic N) is 3. The lowest BCUT2D eigenvalue weighted by atomic mass is 10.1. The van der Waals surface area contributed by atoms with Crippen molar-refractivity contribution in [1.29, 1.82) is 0 Å². The van der Waals surface area contributed by atoms with Crippen LogP contribution in [0, 0.1) is 6.92 Å². The molecule has 3 aromatic rings. The summed E-state index contributed by atoms with van der Waals surface area (Å²) in [5.74, 6) is 1.38. The van der Waals surface area contributed by atoms with Gasteiger partial charge in [0.1, 0.15) is 0 Å². The third-order valence-electron chi connectivity index (χ3n) is 4.42. The van der Waals surface area contributed by atoms with Crippen molar-refractivity contribution in [3.63, 3.8) is 0 Å². The Bertz CT molecular complexity index is 941. The Kier molecular flexibility index (Phi) is 4.72. The maximum absolute atomic E-state index is 13.2. The molecule has 2 aromatic carbocycles. The fourth-order valence-corrected chi connectivity index (χ4v) is 3.86. The monoisotopic (exact) mass is 383 g/mol. The summed E-state index contributed by atoms with van der Waals surface area (Å²) >= 11 is 1.49. The van der Waals surface area contributed by atoms with Gasteiger partial charge < -0.3 is 14.4 Å². The van der Waals surface area contributed by atoms with E-state index in [4.69, 9.17) is 14.5 Å². The molecular formula is C20H21N3O3S. The van der Waals surface area contributed by atoms with Crippen LogP contribution >= 0.6 is 11.3 Å². The molecule has 0 bridgehead atoms. The molecule has 140 valence electrons. The number of thiazole rings is 1. The third kappa shape index (κ3) is 3.61. The van der Waals surface area contributed by atoms with Crippen LogP contribution in [0.5, 0.6) is 11.5 Å². The van der Waals surface area contributed by atoms with Crippen LogP contribution in [0.4, 0.5) is 5.13 Å². The molecule has 0 atom stereocenters. The number of hydrogen-bond acceptors (Lipinski definition) is 6. The molecule has 0 unspecified atom stereocenters. The van der Waals surface area contributed by atoms with Crippen molar-refractivity contribution in [3.8, 4) is 11.5 Å². The van der Waals surface area contributed by atoms with Crippen LogP contribution in [0.25, 0.3) is 10.2 Å². The molecular weight excluding hydrogens is 362 g/mol. The zero-order valence-electron chi connectivity index (χ0n) is 15.6. The average molecular weight is 383 g/mol. The molecule has 2 heterocycles. The summed E-state index contributed by atoms with van der Waals surface area (Å²) in [7, 11) is 3.98. The van der Waals surface area contributed by atoms with Crippen LogP contribution in [0.15, 0.2) is 36.4 Å². The Morgan fingerprint density at radius 2 is 1.81 bits per heavy atom. The van der Waals surface area contributed by atoms with Gasteiger partial charge in [0.2, 0.25) is 6.79 Å². The van der Waals surface area contributed by atoms with E-state index in [-0.39, 0.29) is 12.7 Å². The van der Waals surface area contributed by atoms with E-state index in [0.717, 1.165) is 28.1 Å². The molecule has 0 saturated heterocycles. The Labute approximate surface area is 161 Å². The predicted octanol–water partition coefficient (Wildman–Crippen LogP) is 3.54. The first-order chi connectivity index (χ1) is 13.0. The van der Waals surface area contributed by atoms with E-state index in [1.165, 1.54) is 11.3 Å². The number of ether oxygens (including phenoxy) is 2. The number of rotatable bonds is 5. The SMILES string of the molecule is Cc1ccc(C(=O)N(CCN(C)C)c2nc3cc4c(cc3s2)OCO4)cc1. The second-order valence-corrected chi connectivity index (χ2v) is 7.80. The molecule has 0 aliphatic carbocycles. The molecule has 1 aliphatic heterocycles. The van der Waals surface area contributed by atoms with Gasteiger partial charge in [0, 0.05) is 30.8 Å². The average Bonchev–Trinajstić information content (AvgIpc) is 3.25. The standard InChI is InChI=1S/C20H21N3O3S/c1-13-4-6-14(7-5-13)19(24)23(9-8-22(2)3)20-21-15-10-16-17(26-12-25-16)11-18(15)27-20/h4-7,10-11H,8-9,12H2,1-3H3. The van der Waals surface area contributed by atoms with Crippen molar-refractivity contribution in [3.05, 3.63) is 47.5 Å². The molecule has 1 aliphatic rings. The summed E-state index contributed by atoms with van der Waals surface area (Å²) in [4.78, 5) is 21.7. The maximum atomic E-state index is 13.2. The van der Waals surface area contributed by atoms with Gasteiger partial charge in [0.25, 0.3) is 5.91 Å². The van der Waals surface area contributed by atoms with Crippen molar-refractivity contribution >= 4 is 32.6 Å². The van der Waals surface area contributed by atoms with Gasteiger partial charge in [-0.05, 0) is 33.2 Å². The minimum Gasteiger partial charge on any atom is -0.454 e. The van der Waals surface area contributed by atoms with Crippen molar-refractivity contribution in [2.24, 2.45) is 0 Å². The van der Waals surface area contributed by atoms with Gasteiger partial charge in [-0.25, -0.2) is 4.98 Å². The van der Waals surface area contributed by atoms with E-state index >= 15 is 0 Å². The normalized spacial score (nSPS) is 12.7. The molecule has 1 amide bonds. The van der Waals surface area contributed by atoms with Crippen LogP contribution < -0.4 is 14.4 Å². The molecule has 0 radical (unpaired) electrons. The number of likely N-dealkylation sites (N-methyl/N-ethyl adjacent to an activating group) is 1. The molecule has 7 heteroatoms. The number of aromatic nitrogens is 1. The van der Waals surface area contributed by atoms with Gasteiger partial charge in [-0.1, -0.05) is 29.0 Å². The van der Waals surface area contributed by atoms with Crippen LogP contribution in [-0.4, -0.2) is 49.8 Å². The highest BCUT2D eigenvalue weighted by Crippen LogP contribution is 2.40. The van der Waals surface area contributed by atoms with Crippen molar-refractivity contribution < 1.29 is 14.3 Å². The number of anilines is 1. The fourth-order valence-electron chi connectivity index (χ4n) is 2.86. The molecule has 1 aromatic heterocycles. The topological polar surface area (TPSA) is 54.9 Å². The molecule has 0 fully saturated rings. The highest BCUT2D eigenvalue weighted by atomic mass is 32.1. The molecule has 6 nitrogen and oxygen atoms in total. The molecule has 0 N–H and O–H groups in total. The Balaban J connectivity index is 1.70. The van der Waals surface area contributed by atoms with Gasteiger partial charge in [-0.2, -0.15) is 0 Å². The molecule has 27 heavy (non-hydrogen) atoms. The van der Waals surface area contributed by atoms with Crippen LogP contribution in [0.3, 0.4) is 0 Å². The minimum atomic E-state index is -0.0454. The zero-order valence-corrected chi connectivity index (χ0v) is 16.4. The van der Waals surface area contributed by atoms with Crippen molar-refractivity contribution in [2.45, 2.75) is 6.92 Å². The highest BCUT2D eigenvalue weighted by Gasteiger charge is 2.23. The van der Waals surface area contributed by atoms with E-state index in [2.05, 4.69) is 4.90 Å². The number of benzene rings is 2. The lowest BCUT2D eigenvalue weighted by molar-refractivity contribution is 0.0985. The van der Waals surface area contributed by atoms with Crippen LogP contribution in [-0.2, 0) is 0 Å². The van der Waals surface area contributed by atoms with Gasteiger partial charge in [-0.15, -0.1) is 0 Å². The van der Waals surface area contributed by atoms with E-state index < -0.39 is 0 Å². The van der Waals surface area contributed by atoms with Crippen LogP contribution in [0.1, 0.15) is 15.9 Å². The number of hydrogen-bond donors (Lipinski definition) is 0. The number of carbonyl (C=O) groups is 1. The summed E-state index contributed by atoms with van der Waals surface area (Å²) in [5, 5.41) is 0.682. The predicted molar refractivity (Wildman–Crippen MR) is 107 cm³/mol. The fraction of sp³-hybridized carbons (Fsp3) is 0.300. The maximum Gasteiger partial charge on any atom is 0.260 e. The second-order valence-electron chi connectivity index (χ2n) is 6.80. The van der Waals surface area contributed by atoms with Gasteiger partial charge >= 0.3 is 0 Å². The van der Waals surface area contributed by atoms with Gasteiger partial charge in [-0.3, -0.25) is 9.69 Å². The highest BCUT2D eigenvalue weighted by molar-refractivity contribution is 7.22. The summed E-state index contributed by atoms with van der Waals surface area (Å²) in [6, 6.07) is 11.4. The molecule has 0 spiro atoms. The quantitative estimate of drug-likeness (QED) is 0.675. The number of carbonyl (C=O) groups excluding carboxylic acids is 1. The largest absolute Gasteiger partial charge is 0.454 e. The van der Waals surface area contributed by atoms with Crippen molar-refractivity contribution in [1.82, 2.24) is 9.88 Å². The molecule has 0 saturated carbocycles. The number of aryl methyl sites for hydroxylation is 1. The Morgan fingerprint density at radius 1 is 1.11 bits per heavy atom. The summed E-state index contributed by atoms with van der Waals surface area (Å²) in [5.41, 5.74) is 2.60. The summed E-state index contributed by atoms with van der Waals surface area (Å²) < 4.78 is 11.9. The molecule has 4 rings (SSSR count). The van der Waals surface area contributed by atoms with E-state index in [9.17, 15) is 4.79 Å². The first kappa shape index (κ1) is 17.8. The first-order valence-corrected chi connectivity index (χ1v) is 9.56. The summed E-state index contributed by atoms with van der Waals surface area (Å²) in [6.07, 6.45) is 0. The smallest absolute Gasteiger partial charge is 0.260 e. The zero-order chi connectivity index (χ0) is 19.0. The lowest BCUT2D eigenvalue weighted by Crippen LogP contribution is -2.36. The number of fused-ring (bicyclic) bond motifs is 2. The van der Waals surface area contributed by atoms with Crippen molar-refractivity contribution in [2.75, 3.05) is 38.9 Å². The lowest BCUT2D eigenvalue weighted by Gasteiger charge is -2.22. The van der Waals surface area contributed by atoms with Crippen LogP contribution in [0.2, 0.25) is 0 Å². The van der Waals surface area contributed by atoms with E-state index in [1.807, 2.05) is 57.4 Å². The number of amides is 1. The Hall–Kier alpha value is -2.64. The third-order valence-corrected chi connectivity index (χ3v) is 5.46. The summed E-state index contributed by atoms with van der Waals surface area (Å²) in [6.45, 7) is 3.55. The second kappa shape index (κ2) is 7.17. The van der Waals surface area contributed by atoms with E-state index in [0.29, 0.717) is 23.0 Å². The van der Waals surface area contributed by atoms with E-state index in [1.54, 1.807) is 4.90 Å². The van der Waals surface area contributed by atoms with Gasteiger partial charge in [0.05, 0.1) is 10.2 Å². The first-order valence-electron chi connectivity index (χ1n) is 8.75. The Morgan fingerprint density at radius 3 is 2.52 bits per heavy atom. The minimum absolute atomic E-state index is 0.0454.